The lowest BCUT2D eigenvalue weighted by Crippen LogP contribution is -2.07. The Morgan fingerprint density at radius 1 is 1.23 bits per heavy atom. The van der Waals surface area contributed by atoms with E-state index in [0.717, 1.165) is 30.6 Å². The summed E-state index contributed by atoms with van der Waals surface area (Å²) in [6.45, 7) is 1.49. The Hall–Kier alpha value is -3.03. The first kappa shape index (κ1) is 13.9. The first-order chi connectivity index (χ1) is 10.8. The molecular weight excluding hydrogens is 284 g/mol. The first-order valence-corrected chi connectivity index (χ1v) is 6.85. The molecule has 3 aromatic rings. The van der Waals surface area contributed by atoms with Gasteiger partial charge < -0.3 is 5.32 Å². The fraction of sp³-hybridized carbons (Fsp3) is 0.214. The molecule has 0 aliphatic rings. The summed E-state index contributed by atoms with van der Waals surface area (Å²) in [5, 5.41) is 23.3. The fourth-order valence-electron chi connectivity index (χ4n) is 2.30. The smallest absolute Gasteiger partial charge is 0.278 e. The number of nitro benzene ring substituents is 1. The van der Waals surface area contributed by atoms with Crippen LogP contribution in [0, 0.1) is 10.1 Å². The minimum Gasteiger partial charge on any atom is -0.384 e. The van der Waals surface area contributed by atoms with E-state index in [9.17, 15) is 10.1 Å². The van der Waals surface area contributed by atoms with Crippen molar-refractivity contribution in [1.29, 1.82) is 0 Å². The standard InChI is InChI=1S/C14H14N6O2/c21-20(22)14-3-2-13(11-4-6-15-10-12(11)14)16-5-1-8-19-9-7-17-18-19/h2-4,6-7,9-10,16H,1,5,8H2. The van der Waals surface area contributed by atoms with Crippen molar-refractivity contribution < 1.29 is 4.92 Å². The summed E-state index contributed by atoms with van der Waals surface area (Å²) in [5.41, 5.74) is 0.929. The van der Waals surface area contributed by atoms with Crippen LogP contribution in [0.25, 0.3) is 10.8 Å². The maximum atomic E-state index is 11.1. The number of aryl methyl sites for hydroxylation is 1. The number of hydrogen-bond donors (Lipinski definition) is 1. The summed E-state index contributed by atoms with van der Waals surface area (Å²) < 4.78 is 1.76. The number of nitrogens with one attached hydrogen (secondary N) is 1. The summed E-state index contributed by atoms with van der Waals surface area (Å²) in [7, 11) is 0. The molecule has 0 saturated heterocycles. The molecule has 0 atom stereocenters. The number of nitro groups is 1. The molecule has 0 bridgehead atoms. The molecule has 3 rings (SSSR count). The number of fused-ring (bicyclic) bond motifs is 1. The van der Waals surface area contributed by atoms with Crippen LogP contribution in [0.15, 0.2) is 43.0 Å². The van der Waals surface area contributed by atoms with Gasteiger partial charge >= 0.3 is 0 Å². The average molecular weight is 298 g/mol. The topological polar surface area (TPSA) is 98.8 Å². The van der Waals surface area contributed by atoms with Crippen molar-refractivity contribution in [3.8, 4) is 0 Å². The number of anilines is 1. The van der Waals surface area contributed by atoms with E-state index in [-0.39, 0.29) is 5.69 Å². The van der Waals surface area contributed by atoms with Gasteiger partial charge in [-0.05, 0) is 18.6 Å². The van der Waals surface area contributed by atoms with Crippen LogP contribution in [0.4, 0.5) is 11.4 Å². The molecule has 0 unspecified atom stereocenters. The number of non-ortho nitro benzene ring substituents is 1. The van der Waals surface area contributed by atoms with Gasteiger partial charge in [0.15, 0.2) is 0 Å². The highest BCUT2D eigenvalue weighted by atomic mass is 16.6. The van der Waals surface area contributed by atoms with E-state index in [4.69, 9.17) is 0 Å². The number of hydrogen-bond acceptors (Lipinski definition) is 6. The first-order valence-electron chi connectivity index (χ1n) is 6.85. The molecule has 1 N–H and O–H groups in total. The van der Waals surface area contributed by atoms with Crippen molar-refractivity contribution in [3.63, 3.8) is 0 Å². The molecule has 0 saturated carbocycles. The van der Waals surface area contributed by atoms with Gasteiger partial charge in [-0.1, -0.05) is 5.21 Å². The lowest BCUT2D eigenvalue weighted by Gasteiger charge is -2.09. The molecule has 0 spiro atoms. The minimum atomic E-state index is -0.390. The van der Waals surface area contributed by atoms with E-state index in [0.29, 0.717) is 5.39 Å². The molecule has 0 radical (unpaired) electrons. The number of pyridine rings is 1. The van der Waals surface area contributed by atoms with Crippen molar-refractivity contribution in [2.75, 3.05) is 11.9 Å². The molecule has 0 amide bonds. The zero-order valence-corrected chi connectivity index (χ0v) is 11.7. The summed E-state index contributed by atoms with van der Waals surface area (Å²) in [6.07, 6.45) is 7.48. The van der Waals surface area contributed by atoms with E-state index in [1.54, 1.807) is 29.2 Å². The Labute approximate surface area is 125 Å². The lowest BCUT2D eigenvalue weighted by atomic mass is 10.1. The van der Waals surface area contributed by atoms with Crippen molar-refractivity contribution in [3.05, 3.63) is 53.1 Å². The molecule has 0 aliphatic heterocycles. The zero-order chi connectivity index (χ0) is 15.4. The van der Waals surface area contributed by atoms with Crippen LogP contribution >= 0.6 is 0 Å². The normalized spacial score (nSPS) is 10.7. The third kappa shape index (κ3) is 2.85. The van der Waals surface area contributed by atoms with Crippen molar-refractivity contribution in [2.24, 2.45) is 0 Å². The molecule has 2 aromatic heterocycles. The van der Waals surface area contributed by atoms with Gasteiger partial charge in [-0.25, -0.2) is 0 Å². The molecule has 22 heavy (non-hydrogen) atoms. The molecule has 8 nitrogen and oxygen atoms in total. The summed E-state index contributed by atoms with van der Waals surface area (Å²) in [6, 6.07) is 5.02. The summed E-state index contributed by atoms with van der Waals surface area (Å²) >= 11 is 0. The molecular formula is C14H14N6O2. The second-order valence-electron chi connectivity index (χ2n) is 4.76. The van der Waals surface area contributed by atoms with Gasteiger partial charge in [-0.2, -0.15) is 0 Å². The monoisotopic (exact) mass is 298 g/mol. The third-order valence-electron chi connectivity index (χ3n) is 3.34. The molecule has 0 aliphatic carbocycles. The Bertz CT molecular complexity index is 787. The summed E-state index contributed by atoms with van der Waals surface area (Å²) in [5.74, 6) is 0. The van der Waals surface area contributed by atoms with Gasteiger partial charge in [0.05, 0.1) is 16.5 Å². The predicted octanol–water partition coefficient (Wildman–Crippen LogP) is 2.24. The SMILES string of the molecule is O=[N+]([O-])c1ccc(NCCCn2ccnn2)c2ccncc12. The Kier molecular flexibility index (Phi) is 3.90. The lowest BCUT2D eigenvalue weighted by molar-refractivity contribution is -0.383. The predicted molar refractivity (Wildman–Crippen MR) is 81.5 cm³/mol. The second kappa shape index (κ2) is 6.17. The van der Waals surface area contributed by atoms with Gasteiger partial charge in [0.25, 0.3) is 5.69 Å². The number of aromatic nitrogens is 4. The van der Waals surface area contributed by atoms with Crippen LogP contribution in [-0.4, -0.2) is 31.4 Å². The molecule has 2 heterocycles. The number of benzene rings is 1. The van der Waals surface area contributed by atoms with Crippen molar-refractivity contribution in [2.45, 2.75) is 13.0 Å². The highest BCUT2D eigenvalue weighted by molar-refractivity contribution is 5.99. The van der Waals surface area contributed by atoms with Gasteiger partial charge in [-0.15, -0.1) is 5.10 Å². The maximum absolute atomic E-state index is 11.1. The van der Waals surface area contributed by atoms with Crippen LogP contribution in [0.5, 0.6) is 0 Å². The van der Waals surface area contributed by atoms with Gasteiger partial charge in [-0.3, -0.25) is 19.8 Å². The van der Waals surface area contributed by atoms with E-state index < -0.39 is 4.92 Å². The van der Waals surface area contributed by atoms with Crippen LogP contribution in [0.3, 0.4) is 0 Å². The maximum Gasteiger partial charge on any atom is 0.278 e. The van der Waals surface area contributed by atoms with E-state index >= 15 is 0 Å². The Balaban J connectivity index is 1.74. The quantitative estimate of drug-likeness (QED) is 0.425. The van der Waals surface area contributed by atoms with Crippen LogP contribution < -0.4 is 5.32 Å². The van der Waals surface area contributed by atoms with Crippen molar-refractivity contribution in [1.82, 2.24) is 20.0 Å². The van der Waals surface area contributed by atoms with Gasteiger partial charge in [0.2, 0.25) is 0 Å². The fourth-order valence-corrected chi connectivity index (χ4v) is 2.30. The van der Waals surface area contributed by atoms with Crippen LogP contribution in [0.2, 0.25) is 0 Å². The number of nitrogens with zero attached hydrogens (tertiary/aromatic N) is 5. The van der Waals surface area contributed by atoms with Crippen molar-refractivity contribution >= 4 is 22.1 Å². The molecule has 112 valence electrons. The largest absolute Gasteiger partial charge is 0.384 e. The Morgan fingerprint density at radius 3 is 2.91 bits per heavy atom. The minimum absolute atomic E-state index is 0.0660. The second-order valence-corrected chi connectivity index (χ2v) is 4.76. The Morgan fingerprint density at radius 2 is 2.14 bits per heavy atom. The highest BCUT2D eigenvalue weighted by Crippen LogP contribution is 2.30. The molecule has 8 heteroatoms. The highest BCUT2D eigenvalue weighted by Gasteiger charge is 2.13. The van der Waals surface area contributed by atoms with Gasteiger partial charge in [0.1, 0.15) is 0 Å². The zero-order valence-electron chi connectivity index (χ0n) is 11.7. The third-order valence-corrected chi connectivity index (χ3v) is 3.34. The van der Waals surface area contributed by atoms with Gasteiger partial charge in [0, 0.05) is 48.8 Å². The molecule has 0 fully saturated rings. The van der Waals surface area contributed by atoms with Crippen LogP contribution in [-0.2, 0) is 6.54 Å². The van der Waals surface area contributed by atoms with Crippen LogP contribution in [0.1, 0.15) is 6.42 Å². The van der Waals surface area contributed by atoms with E-state index in [1.165, 1.54) is 12.3 Å². The molecule has 1 aromatic carbocycles. The van der Waals surface area contributed by atoms with E-state index in [1.807, 2.05) is 6.20 Å². The average Bonchev–Trinajstić information content (AvgIpc) is 3.04. The van der Waals surface area contributed by atoms with E-state index in [2.05, 4.69) is 20.6 Å². The summed E-state index contributed by atoms with van der Waals surface area (Å²) in [4.78, 5) is 14.6. The number of rotatable bonds is 6.